The fourth-order valence-corrected chi connectivity index (χ4v) is 3.21. The van der Waals surface area contributed by atoms with E-state index in [1.165, 1.54) is 24.3 Å². The molecule has 0 aliphatic rings. The van der Waals surface area contributed by atoms with Crippen molar-refractivity contribution in [1.82, 2.24) is 0 Å². The van der Waals surface area contributed by atoms with Gasteiger partial charge in [0.2, 0.25) is 0 Å². The number of nitrogens with two attached hydrogens (primary N) is 1. The standard InChI is InChI=1S/C14H12N2O8S2/c15-11-5-3-9(13(7-11)25-24-23-19)1-2-10-4-6-12(16(17)18)8-14(10)26(20,21)22/h1-8,19H,15H2,(H,20,21,22). The Morgan fingerprint density at radius 3 is 2.42 bits per heavy atom. The highest BCUT2D eigenvalue weighted by Crippen LogP contribution is 2.29. The van der Waals surface area contributed by atoms with Gasteiger partial charge in [0, 0.05) is 22.7 Å². The second-order valence-electron chi connectivity index (χ2n) is 4.81. The Balaban J connectivity index is 2.47. The van der Waals surface area contributed by atoms with Crippen molar-refractivity contribution in [1.29, 1.82) is 0 Å². The first-order valence-electron chi connectivity index (χ1n) is 6.70. The van der Waals surface area contributed by atoms with Crippen molar-refractivity contribution in [2.45, 2.75) is 9.79 Å². The minimum Gasteiger partial charge on any atom is -0.399 e. The van der Waals surface area contributed by atoms with E-state index in [4.69, 9.17) is 11.0 Å². The molecule has 0 atom stereocenters. The fourth-order valence-electron chi connectivity index (χ4n) is 1.99. The maximum atomic E-state index is 11.5. The average molecular weight is 400 g/mol. The summed E-state index contributed by atoms with van der Waals surface area (Å²) in [5.41, 5.74) is 6.13. The van der Waals surface area contributed by atoms with Crippen molar-refractivity contribution in [3.8, 4) is 0 Å². The zero-order valence-electron chi connectivity index (χ0n) is 12.8. The zero-order chi connectivity index (χ0) is 19.3. The van der Waals surface area contributed by atoms with Gasteiger partial charge in [0.25, 0.3) is 15.8 Å². The van der Waals surface area contributed by atoms with Crippen LogP contribution in [0.3, 0.4) is 0 Å². The van der Waals surface area contributed by atoms with Crippen LogP contribution < -0.4 is 5.73 Å². The van der Waals surface area contributed by atoms with Crippen LogP contribution in [0.15, 0.2) is 46.2 Å². The van der Waals surface area contributed by atoms with Gasteiger partial charge in [-0.25, -0.2) is 5.26 Å². The van der Waals surface area contributed by atoms with E-state index in [1.807, 2.05) is 0 Å². The molecule has 0 amide bonds. The molecule has 0 aliphatic heterocycles. The first-order chi connectivity index (χ1) is 12.2. The lowest BCUT2D eigenvalue weighted by molar-refractivity contribution is -0.432. The molecular formula is C14H12N2O8S2. The molecule has 26 heavy (non-hydrogen) atoms. The van der Waals surface area contributed by atoms with Crippen LogP contribution in [0.5, 0.6) is 0 Å². The number of hydrogen-bond donors (Lipinski definition) is 3. The van der Waals surface area contributed by atoms with E-state index >= 15 is 0 Å². The molecule has 2 aromatic carbocycles. The van der Waals surface area contributed by atoms with Crippen LogP contribution in [0.2, 0.25) is 0 Å². The number of nitrogens with zero attached hydrogens (tertiary/aromatic N) is 1. The van der Waals surface area contributed by atoms with E-state index < -0.39 is 25.6 Å². The van der Waals surface area contributed by atoms with Crippen LogP contribution in [0.1, 0.15) is 11.1 Å². The molecule has 2 aromatic rings. The van der Waals surface area contributed by atoms with Crippen LogP contribution in [-0.2, 0) is 19.5 Å². The lowest BCUT2D eigenvalue weighted by Gasteiger charge is -2.06. The summed E-state index contributed by atoms with van der Waals surface area (Å²) < 4.78 is 36.7. The van der Waals surface area contributed by atoms with E-state index in [0.29, 0.717) is 28.2 Å². The molecule has 0 unspecified atom stereocenters. The van der Waals surface area contributed by atoms with Crippen LogP contribution >= 0.6 is 12.0 Å². The third-order valence-electron chi connectivity index (χ3n) is 3.12. The number of non-ortho nitro benzene ring substituents is 1. The van der Waals surface area contributed by atoms with Gasteiger partial charge in [-0.05, 0) is 29.3 Å². The topological polar surface area (TPSA) is 162 Å². The van der Waals surface area contributed by atoms with Gasteiger partial charge >= 0.3 is 0 Å². The van der Waals surface area contributed by atoms with Gasteiger partial charge in [-0.1, -0.05) is 23.3 Å². The quantitative estimate of drug-likeness (QED) is 0.120. The molecule has 2 rings (SSSR count). The van der Waals surface area contributed by atoms with Crippen molar-refractivity contribution in [2.24, 2.45) is 0 Å². The molecule has 0 saturated carbocycles. The molecule has 12 heteroatoms. The van der Waals surface area contributed by atoms with Gasteiger partial charge in [-0.2, -0.15) is 8.42 Å². The highest BCUT2D eigenvalue weighted by molar-refractivity contribution is 7.94. The molecule has 0 aliphatic carbocycles. The maximum Gasteiger partial charge on any atom is 0.295 e. The minimum absolute atomic E-state index is 0.0326. The largest absolute Gasteiger partial charge is 0.399 e. The number of anilines is 1. The fraction of sp³-hybridized carbons (Fsp3) is 0. The van der Waals surface area contributed by atoms with Gasteiger partial charge in [0.15, 0.2) is 0 Å². The van der Waals surface area contributed by atoms with Gasteiger partial charge in [-0.3, -0.25) is 14.7 Å². The van der Waals surface area contributed by atoms with Crippen LogP contribution in [0, 0.1) is 10.1 Å². The zero-order valence-corrected chi connectivity index (χ0v) is 14.4. The monoisotopic (exact) mass is 400 g/mol. The first-order valence-corrected chi connectivity index (χ1v) is 8.89. The predicted molar refractivity (Wildman–Crippen MR) is 93.3 cm³/mol. The smallest absolute Gasteiger partial charge is 0.295 e. The van der Waals surface area contributed by atoms with E-state index in [2.05, 4.69) is 9.37 Å². The number of nitro groups is 1. The highest BCUT2D eigenvalue weighted by atomic mass is 32.2. The van der Waals surface area contributed by atoms with E-state index in [9.17, 15) is 23.1 Å². The molecule has 4 N–H and O–H groups in total. The molecular weight excluding hydrogens is 388 g/mol. The van der Waals surface area contributed by atoms with Crippen molar-refractivity contribution in [3.63, 3.8) is 0 Å². The van der Waals surface area contributed by atoms with Gasteiger partial charge < -0.3 is 5.73 Å². The van der Waals surface area contributed by atoms with Crippen LogP contribution in [0.25, 0.3) is 12.2 Å². The Hall–Kier alpha value is -2.48. The first kappa shape index (κ1) is 19.8. The third kappa shape index (κ3) is 5.01. The second kappa shape index (κ2) is 8.27. The number of hydrogen-bond acceptors (Lipinski definition) is 9. The number of nitrogen functional groups attached to an aromatic ring is 1. The summed E-state index contributed by atoms with van der Waals surface area (Å²) >= 11 is 0.652. The van der Waals surface area contributed by atoms with E-state index in [1.54, 1.807) is 12.1 Å². The Morgan fingerprint density at radius 2 is 1.81 bits per heavy atom. The predicted octanol–water partition coefficient (Wildman–Crippen LogP) is 3.02. The lowest BCUT2D eigenvalue weighted by atomic mass is 10.1. The average Bonchev–Trinajstić information content (AvgIpc) is 2.58. The van der Waals surface area contributed by atoms with Crippen molar-refractivity contribution in [3.05, 3.63) is 57.6 Å². The van der Waals surface area contributed by atoms with Crippen molar-refractivity contribution >= 4 is 45.7 Å². The Morgan fingerprint density at radius 1 is 1.15 bits per heavy atom. The summed E-state index contributed by atoms with van der Waals surface area (Å²) in [4.78, 5) is 9.85. The Kier molecular flexibility index (Phi) is 6.31. The maximum absolute atomic E-state index is 11.5. The van der Waals surface area contributed by atoms with Gasteiger partial charge in [0.05, 0.1) is 17.0 Å². The molecule has 10 nitrogen and oxygen atoms in total. The van der Waals surface area contributed by atoms with Gasteiger partial charge in [0.1, 0.15) is 4.90 Å². The number of rotatable bonds is 7. The second-order valence-corrected chi connectivity index (χ2v) is 6.94. The summed E-state index contributed by atoms with van der Waals surface area (Å²) in [6.45, 7) is 0. The highest BCUT2D eigenvalue weighted by Gasteiger charge is 2.19. The molecule has 0 bridgehead atoms. The molecule has 0 fully saturated rings. The summed E-state index contributed by atoms with van der Waals surface area (Å²) in [5.74, 6) is 0. The van der Waals surface area contributed by atoms with Crippen molar-refractivity contribution in [2.75, 3.05) is 5.73 Å². The normalized spacial score (nSPS) is 11.8. The minimum atomic E-state index is -4.68. The van der Waals surface area contributed by atoms with E-state index in [-0.39, 0.29) is 5.56 Å². The molecule has 0 saturated heterocycles. The molecule has 0 radical (unpaired) electrons. The molecule has 138 valence electrons. The summed E-state index contributed by atoms with van der Waals surface area (Å²) in [5, 5.41) is 22.6. The number of nitro benzene ring substituents is 1. The summed E-state index contributed by atoms with van der Waals surface area (Å²) in [6, 6.07) is 7.74. The Bertz CT molecular complexity index is 959. The van der Waals surface area contributed by atoms with E-state index in [0.717, 1.165) is 12.1 Å². The third-order valence-corrected chi connectivity index (χ3v) is 4.69. The van der Waals surface area contributed by atoms with Gasteiger partial charge in [-0.15, -0.1) is 4.33 Å². The molecule has 0 aromatic heterocycles. The molecule has 0 heterocycles. The molecule has 0 spiro atoms. The summed E-state index contributed by atoms with van der Waals surface area (Å²) in [6.07, 6.45) is 2.81. The lowest BCUT2D eigenvalue weighted by Crippen LogP contribution is -2.02. The summed E-state index contributed by atoms with van der Waals surface area (Å²) in [7, 11) is -4.68. The van der Waals surface area contributed by atoms with Crippen LogP contribution in [0.4, 0.5) is 11.4 Å². The SMILES string of the molecule is Nc1ccc(C=Cc2ccc([N+](=O)[O-])cc2S(=O)(=O)O)c(SOOO)c1. The van der Waals surface area contributed by atoms with Crippen LogP contribution in [-0.4, -0.2) is 23.2 Å². The van der Waals surface area contributed by atoms with Crippen molar-refractivity contribution < 1.29 is 32.5 Å². The number of benzene rings is 2. The Labute approximate surface area is 151 Å².